The second-order valence-corrected chi connectivity index (χ2v) is 3.91. The number of carbonyl (C=O) groups is 1. The molecular formula is C9H14ClN3O2. The van der Waals surface area contributed by atoms with E-state index in [9.17, 15) is 4.79 Å². The highest BCUT2D eigenvalue weighted by molar-refractivity contribution is 6.31. The van der Waals surface area contributed by atoms with Gasteiger partial charge in [0.25, 0.3) is 0 Å². The van der Waals surface area contributed by atoms with Crippen molar-refractivity contribution >= 4 is 17.6 Å². The topological polar surface area (TPSA) is 58.4 Å². The molecule has 1 heterocycles. The van der Waals surface area contributed by atoms with Crippen molar-refractivity contribution < 1.29 is 9.90 Å². The summed E-state index contributed by atoms with van der Waals surface area (Å²) in [7, 11) is 3.52. The molecule has 5 nitrogen and oxygen atoms in total. The zero-order valence-electron chi connectivity index (χ0n) is 8.99. The van der Waals surface area contributed by atoms with Crippen LogP contribution in [-0.4, -0.2) is 39.3 Å². The second kappa shape index (κ2) is 4.63. The van der Waals surface area contributed by atoms with Crippen molar-refractivity contribution in [3.05, 3.63) is 16.4 Å². The van der Waals surface area contributed by atoms with E-state index in [-0.39, 0.29) is 6.54 Å². The lowest BCUT2D eigenvalue weighted by Gasteiger charge is -2.14. The maximum atomic E-state index is 10.5. The lowest BCUT2D eigenvalue weighted by atomic mass is 10.3. The number of aryl methyl sites for hydroxylation is 2. The van der Waals surface area contributed by atoms with Crippen LogP contribution in [0.1, 0.15) is 11.4 Å². The van der Waals surface area contributed by atoms with Crippen molar-refractivity contribution in [1.29, 1.82) is 0 Å². The van der Waals surface area contributed by atoms with Gasteiger partial charge in [0.05, 0.1) is 23.0 Å². The van der Waals surface area contributed by atoms with Crippen molar-refractivity contribution in [3.8, 4) is 0 Å². The monoisotopic (exact) mass is 231 g/mol. The third-order valence-electron chi connectivity index (χ3n) is 2.09. The molecule has 1 aromatic rings. The summed E-state index contributed by atoms with van der Waals surface area (Å²) in [5.41, 5.74) is 1.59. The average Bonchev–Trinajstić information content (AvgIpc) is 2.31. The van der Waals surface area contributed by atoms with Crippen LogP contribution in [0.25, 0.3) is 0 Å². The molecule has 1 aromatic heterocycles. The Hall–Kier alpha value is -1.07. The van der Waals surface area contributed by atoms with Gasteiger partial charge in [-0.05, 0) is 14.0 Å². The molecule has 0 unspecified atom stereocenters. The minimum Gasteiger partial charge on any atom is -0.480 e. The summed E-state index contributed by atoms with van der Waals surface area (Å²) in [6, 6.07) is 0. The fourth-order valence-corrected chi connectivity index (χ4v) is 1.61. The van der Waals surface area contributed by atoms with E-state index in [0.717, 1.165) is 11.4 Å². The molecule has 0 bridgehead atoms. The van der Waals surface area contributed by atoms with Crippen molar-refractivity contribution in [1.82, 2.24) is 14.7 Å². The first kappa shape index (κ1) is 12.0. The number of carboxylic acid groups (broad SMARTS) is 1. The quantitative estimate of drug-likeness (QED) is 0.837. The molecule has 0 radical (unpaired) electrons. The summed E-state index contributed by atoms with van der Waals surface area (Å²) >= 11 is 6.04. The molecule has 15 heavy (non-hydrogen) atoms. The molecule has 0 fully saturated rings. The van der Waals surface area contributed by atoms with E-state index in [1.54, 1.807) is 23.7 Å². The molecule has 0 aliphatic carbocycles. The number of halogens is 1. The SMILES string of the molecule is Cc1nn(C)c(CN(C)CC(=O)O)c1Cl. The van der Waals surface area contributed by atoms with E-state index in [1.165, 1.54) is 0 Å². The van der Waals surface area contributed by atoms with Crippen LogP contribution < -0.4 is 0 Å². The van der Waals surface area contributed by atoms with Crippen LogP contribution in [0.15, 0.2) is 0 Å². The Morgan fingerprint density at radius 2 is 2.27 bits per heavy atom. The van der Waals surface area contributed by atoms with Crippen LogP contribution in [-0.2, 0) is 18.4 Å². The van der Waals surface area contributed by atoms with Gasteiger partial charge in [0.1, 0.15) is 0 Å². The maximum Gasteiger partial charge on any atom is 0.317 e. The van der Waals surface area contributed by atoms with Crippen LogP contribution >= 0.6 is 11.6 Å². The van der Waals surface area contributed by atoms with E-state index in [4.69, 9.17) is 16.7 Å². The molecule has 1 rings (SSSR count). The van der Waals surface area contributed by atoms with Gasteiger partial charge in [-0.2, -0.15) is 5.10 Å². The summed E-state index contributed by atoms with van der Waals surface area (Å²) in [5, 5.41) is 13.4. The van der Waals surface area contributed by atoms with Crippen molar-refractivity contribution in [2.45, 2.75) is 13.5 Å². The lowest BCUT2D eigenvalue weighted by molar-refractivity contribution is -0.138. The molecule has 0 saturated carbocycles. The highest BCUT2D eigenvalue weighted by Gasteiger charge is 2.14. The number of nitrogens with zero attached hydrogens (tertiary/aromatic N) is 3. The first-order chi connectivity index (χ1) is 6.91. The predicted octanol–water partition coefficient (Wildman–Crippen LogP) is 0.898. The fraction of sp³-hybridized carbons (Fsp3) is 0.556. The highest BCUT2D eigenvalue weighted by Crippen LogP contribution is 2.20. The largest absolute Gasteiger partial charge is 0.480 e. The van der Waals surface area contributed by atoms with E-state index in [1.807, 2.05) is 6.92 Å². The summed E-state index contributed by atoms with van der Waals surface area (Å²) in [6.45, 7) is 2.28. The van der Waals surface area contributed by atoms with Crippen LogP contribution in [0.3, 0.4) is 0 Å². The average molecular weight is 232 g/mol. The van der Waals surface area contributed by atoms with E-state index in [0.29, 0.717) is 11.6 Å². The van der Waals surface area contributed by atoms with Crippen molar-refractivity contribution in [3.63, 3.8) is 0 Å². The van der Waals surface area contributed by atoms with Gasteiger partial charge < -0.3 is 5.11 Å². The summed E-state index contributed by atoms with van der Waals surface area (Å²) < 4.78 is 1.68. The van der Waals surface area contributed by atoms with E-state index >= 15 is 0 Å². The number of hydrogen-bond acceptors (Lipinski definition) is 3. The molecule has 0 amide bonds. The smallest absolute Gasteiger partial charge is 0.317 e. The number of likely N-dealkylation sites (N-methyl/N-ethyl adjacent to an activating group) is 1. The first-order valence-corrected chi connectivity index (χ1v) is 4.88. The fourth-order valence-electron chi connectivity index (χ4n) is 1.39. The van der Waals surface area contributed by atoms with E-state index < -0.39 is 5.97 Å². The Bertz CT molecular complexity index is 376. The molecule has 0 atom stereocenters. The Morgan fingerprint density at radius 3 is 2.67 bits per heavy atom. The molecule has 0 spiro atoms. The molecule has 0 aliphatic rings. The van der Waals surface area contributed by atoms with Gasteiger partial charge in [0.15, 0.2) is 0 Å². The van der Waals surface area contributed by atoms with Crippen molar-refractivity contribution in [2.75, 3.05) is 13.6 Å². The minimum absolute atomic E-state index is 0.0133. The normalized spacial score (nSPS) is 11.0. The maximum absolute atomic E-state index is 10.5. The number of aliphatic carboxylic acids is 1. The van der Waals surface area contributed by atoms with E-state index in [2.05, 4.69) is 5.10 Å². The van der Waals surface area contributed by atoms with Crippen LogP contribution in [0.5, 0.6) is 0 Å². The first-order valence-electron chi connectivity index (χ1n) is 4.50. The van der Waals surface area contributed by atoms with Crippen molar-refractivity contribution in [2.24, 2.45) is 7.05 Å². The van der Waals surface area contributed by atoms with Gasteiger partial charge in [-0.3, -0.25) is 14.4 Å². The Morgan fingerprint density at radius 1 is 1.67 bits per heavy atom. The lowest BCUT2D eigenvalue weighted by Crippen LogP contribution is -2.26. The van der Waals surface area contributed by atoms with Crippen LogP contribution in [0.2, 0.25) is 5.02 Å². The molecule has 0 saturated heterocycles. The number of hydrogen-bond donors (Lipinski definition) is 1. The van der Waals surface area contributed by atoms with Gasteiger partial charge in [-0.25, -0.2) is 0 Å². The third kappa shape index (κ3) is 2.94. The zero-order valence-corrected chi connectivity index (χ0v) is 9.75. The summed E-state index contributed by atoms with van der Waals surface area (Å²) in [4.78, 5) is 12.1. The van der Waals surface area contributed by atoms with Gasteiger partial charge in [-0.15, -0.1) is 0 Å². The summed E-state index contributed by atoms with van der Waals surface area (Å²) in [5.74, 6) is -0.854. The molecule has 1 N–H and O–H groups in total. The number of carboxylic acids is 1. The van der Waals surface area contributed by atoms with Gasteiger partial charge in [0.2, 0.25) is 0 Å². The van der Waals surface area contributed by atoms with Crippen LogP contribution in [0, 0.1) is 6.92 Å². The third-order valence-corrected chi connectivity index (χ3v) is 2.58. The molecule has 0 aromatic carbocycles. The van der Waals surface area contributed by atoms with Gasteiger partial charge in [0, 0.05) is 13.6 Å². The Labute approximate surface area is 93.2 Å². The molecule has 0 aliphatic heterocycles. The predicted molar refractivity (Wildman–Crippen MR) is 56.9 cm³/mol. The Kier molecular flexibility index (Phi) is 3.71. The number of rotatable bonds is 4. The number of aromatic nitrogens is 2. The zero-order chi connectivity index (χ0) is 11.6. The van der Waals surface area contributed by atoms with Gasteiger partial charge >= 0.3 is 5.97 Å². The highest BCUT2D eigenvalue weighted by atomic mass is 35.5. The molecular weight excluding hydrogens is 218 g/mol. The van der Waals surface area contributed by atoms with Crippen LogP contribution in [0.4, 0.5) is 0 Å². The minimum atomic E-state index is -0.854. The van der Waals surface area contributed by atoms with Gasteiger partial charge in [-0.1, -0.05) is 11.6 Å². The molecule has 6 heteroatoms. The summed E-state index contributed by atoms with van der Waals surface area (Å²) in [6.07, 6.45) is 0. The Balaban J connectivity index is 2.76. The molecule has 84 valence electrons. The standard InChI is InChI=1S/C9H14ClN3O2/c1-6-9(10)7(13(3)11-6)4-12(2)5-8(14)15/h4-5H2,1-3H3,(H,14,15). The second-order valence-electron chi connectivity index (χ2n) is 3.54.